The van der Waals surface area contributed by atoms with Crippen LogP contribution in [0, 0.1) is 0 Å². The lowest BCUT2D eigenvalue weighted by Gasteiger charge is -2.24. The summed E-state index contributed by atoms with van der Waals surface area (Å²) in [5.41, 5.74) is 0. The molecular weight excluding hydrogens is 232 g/mol. The largest absolute Gasteiger partial charge is 0.347 e. The molecule has 0 aromatic carbocycles. The lowest BCUT2D eigenvalue weighted by molar-refractivity contribution is -0.172. The van der Waals surface area contributed by atoms with E-state index in [0.717, 1.165) is 19.1 Å². The Labute approximate surface area is 97.2 Å². The molecule has 1 fully saturated rings. The van der Waals surface area contributed by atoms with Crippen LogP contribution in [0.25, 0.3) is 0 Å². The van der Waals surface area contributed by atoms with E-state index in [2.05, 4.69) is 4.18 Å². The van der Waals surface area contributed by atoms with E-state index < -0.39 is 15.9 Å². The molecule has 0 aromatic rings. The van der Waals surface area contributed by atoms with E-state index in [4.69, 9.17) is 9.47 Å². The second-order valence-electron chi connectivity index (χ2n) is 3.98. The van der Waals surface area contributed by atoms with Gasteiger partial charge in [0.15, 0.2) is 5.79 Å². The van der Waals surface area contributed by atoms with Crippen LogP contribution >= 0.6 is 0 Å². The molecule has 0 bridgehead atoms. The third-order valence-electron chi connectivity index (χ3n) is 2.73. The molecule has 5 nitrogen and oxygen atoms in total. The third-order valence-corrected chi connectivity index (χ3v) is 3.32. The Balaban J connectivity index is 2.32. The first kappa shape index (κ1) is 13.9. The van der Waals surface area contributed by atoms with Crippen LogP contribution in [-0.4, -0.2) is 39.8 Å². The summed E-state index contributed by atoms with van der Waals surface area (Å²) in [5, 5.41) is 0. The fraction of sp³-hybridized carbons (Fsp3) is 1.00. The molecule has 0 aliphatic carbocycles. The van der Waals surface area contributed by atoms with E-state index in [1.807, 2.05) is 13.8 Å². The summed E-state index contributed by atoms with van der Waals surface area (Å²) in [4.78, 5) is 0. The van der Waals surface area contributed by atoms with E-state index in [0.29, 0.717) is 13.0 Å². The summed E-state index contributed by atoms with van der Waals surface area (Å²) in [6, 6.07) is 0. The number of ether oxygens (including phenoxy) is 2. The quantitative estimate of drug-likeness (QED) is 0.666. The van der Waals surface area contributed by atoms with Gasteiger partial charge in [-0.3, -0.25) is 4.18 Å². The normalized spacial score (nSPS) is 24.8. The second-order valence-corrected chi connectivity index (χ2v) is 5.63. The minimum atomic E-state index is -3.35. The Morgan fingerprint density at radius 3 is 2.44 bits per heavy atom. The van der Waals surface area contributed by atoms with Crippen molar-refractivity contribution in [3.8, 4) is 0 Å². The molecule has 1 atom stereocenters. The highest BCUT2D eigenvalue weighted by Gasteiger charge is 2.38. The predicted molar refractivity (Wildman–Crippen MR) is 59.6 cm³/mol. The van der Waals surface area contributed by atoms with E-state index in [-0.39, 0.29) is 12.7 Å². The maximum absolute atomic E-state index is 10.8. The van der Waals surface area contributed by atoms with Gasteiger partial charge in [0.2, 0.25) is 0 Å². The molecule has 1 saturated heterocycles. The second kappa shape index (κ2) is 5.44. The fourth-order valence-corrected chi connectivity index (χ4v) is 2.11. The summed E-state index contributed by atoms with van der Waals surface area (Å²) in [5.74, 6) is -0.476. The molecule has 0 radical (unpaired) electrons. The van der Waals surface area contributed by atoms with Crippen molar-refractivity contribution in [3.05, 3.63) is 0 Å². The predicted octanol–water partition coefficient (Wildman–Crippen LogP) is 1.28. The van der Waals surface area contributed by atoms with Gasteiger partial charge in [-0.2, -0.15) is 8.42 Å². The van der Waals surface area contributed by atoms with E-state index in [1.165, 1.54) is 0 Å². The first-order valence-corrected chi connectivity index (χ1v) is 7.38. The zero-order valence-corrected chi connectivity index (χ0v) is 10.9. The average molecular weight is 252 g/mol. The molecule has 1 aliphatic heterocycles. The molecule has 1 aliphatic rings. The SMILES string of the molecule is CCC1(CC)OCC(CCOS(C)(=O)=O)O1. The van der Waals surface area contributed by atoms with Crippen molar-refractivity contribution in [2.75, 3.05) is 19.5 Å². The molecule has 0 spiro atoms. The smallest absolute Gasteiger partial charge is 0.264 e. The molecule has 0 aromatic heterocycles. The van der Waals surface area contributed by atoms with Crippen LogP contribution in [0.4, 0.5) is 0 Å². The highest BCUT2D eigenvalue weighted by molar-refractivity contribution is 7.85. The molecule has 1 rings (SSSR count). The minimum Gasteiger partial charge on any atom is -0.347 e. The Bertz CT molecular complexity index is 307. The molecule has 96 valence electrons. The summed E-state index contributed by atoms with van der Waals surface area (Å²) in [6.07, 6.45) is 3.11. The summed E-state index contributed by atoms with van der Waals surface area (Å²) in [6.45, 7) is 4.68. The molecule has 6 heteroatoms. The first-order valence-electron chi connectivity index (χ1n) is 5.57. The zero-order valence-electron chi connectivity index (χ0n) is 10.1. The molecule has 0 N–H and O–H groups in total. The zero-order chi connectivity index (χ0) is 12.2. The van der Waals surface area contributed by atoms with E-state index in [9.17, 15) is 8.42 Å². The van der Waals surface area contributed by atoms with Crippen molar-refractivity contribution in [2.24, 2.45) is 0 Å². The monoisotopic (exact) mass is 252 g/mol. The van der Waals surface area contributed by atoms with Crippen LogP contribution < -0.4 is 0 Å². The Kier molecular flexibility index (Phi) is 4.73. The van der Waals surface area contributed by atoms with Crippen molar-refractivity contribution in [1.82, 2.24) is 0 Å². The fourth-order valence-electron chi connectivity index (χ4n) is 1.71. The van der Waals surface area contributed by atoms with Crippen molar-refractivity contribution < 1.29 is 22.1 Å². The van der Waals surface area contributed by atoms with E-state index in [1.54, 1.807) is 0 Å². The Morgan fingerprint density at radius 1 is 1.38 bits per heavy atom. The van der Waals surface area contributed by atoms with Crippen molar-refractivity contribution >= 4 is 10.1 Å². The summed E-state index contributed by atoms with van der Waals surface area (Å²) >= 11 is 0. The molecular formula is C10H20O5S. The average Bonchev–Trinajstić information content (AvgIpc) is 2.61. The van der Waals surface area contributed by atoms with Crippen LogP contribution in [-0.2, 0) is 23.8 Å². The molecule has 0 saturated carbocycles. The van der Waals surface area contributed by atoms with Gasteiger partial charge in [0.05, 0.1) is 25.6 Å². The topological polar surface area (TPSA) is 61.8 Å². The van der Waals surface area contributed by atoms with Crippen LogP contribution in [0.1, 0.15) is 33.1 Å². The van der Waals surface area contributed by atoms with Gasteiger partial charge in [-0.25, -0.2) is 0 Å². The third kappa shape index (κ3) is 4.01. The molecule has 0 amide bonds. The number of hydrogen-bond donors (Lipinski definition) is 0. The first-order chi connectivity index (χ1) is 7.41. The van der Waals surface area contributed by atoms with Gasteiger partial charge in [0.25, 0.3) is 10.1 Å². The lowest BCUT2D eigenvalue weighted by Crippen LogP contribution is -2.29. The van der Waals surface area contributed by atoms with Crippen molar-refractivity contribution in [3.63, 3.8) is 0 Å². The summed E-state index contributed by atoms with van der Waals surface area (Å²) in [7, 11) is -3.35. The minimum absolute atomic E-state index is 0.0679. The Hall–Kier alpha value is -0.170. The van der Waals surface area contributed by atoms with Crippen molar-refractivity contribution in [1.29, 1.82) is 0 Å². The summed E-state index contributed by atoms with van der Waals surface area (Å²) < 4.78 is 37.5. The van der Waals surface area contributed by atoms with Gasteiger partial charge < -0.3 is 9.47 Å². The Morgan fingerprint density at radius 2 is 2.00 bits per heavy atom. The van der Waals surface area contributed by atoms with Crippen LogP contribution in [0.3, 0.4) is 0 Å². The van der Waals surface area contributed by atoms with Gasteiger partial charge in [-0.05, 0) is 12.8 Å². The molecule has 16 heavy (non-hydrogen) atoms. The lowest BCUT2D eigenvalue weighted by atomic mass is 10.1. The molecule has 1 unspecified atom stereocenters. The van der Waals surface area contributed by atoms with Gasteiger partial charge in [-0.1, -0.05) is 13.8 Å². The molecule has 1 heterocycles. The number of hydrogen-bond acceptors (Lipinski definition) is 5. The highest BCUT2D eigenvalue weighted by atomic mass is 32.2. The van der Waals surface area contributed by atoms with Gasteiger partial charge >= 0.3 is 0 Å². The van der Waals surface area contributed by atoms with Crippen LogP contribution in [0.2, 0.25) is 0 Å². The van der Waals surface area contributed by atoms with E-state index >= 15 is 0 Å². The highest BCUT2D eigenvalue weighted by Crippen LogP contribution is 2.31. The van der Waals surface area contributed by atoms with Crippen molar-refractivity contribution in [2.45, 2.75) is 45.0 Å². The maximum Gasteiger partial charge on any atom is 0.264 e. The van der Waals surface area contributed by atoms with Gasteiger partial charge in [0.1, 0.15) is 0 Å². The van der Waals surface area contributed by atoms with Gasteiger partial charge in [0, 0.05) is 6.42 Å². The maximum atomic E-state index is 10.8. The number of rotatable bonds is 6. The standard InChI is InChI=1S/C10H20O5S/c1-4-10(5-2)13-8-9(15-10)6-7-14-16(3,11)12/h9H,4-8H2,1-3H3. The van der Waals surface area contributed by atoms with Gasteiger partial charge in [-0.15, -0.1) is 0 Å². The van der Waals surface area contributed by atoms with Crippen LogP contribution in [0.15, 0.2) is 0 Å². The van der Waals surface area contributed by atoms with Crippen LogP contribution in [0.5, 0.6) is 0 Å².